The Labute approximate surface area is 159 Å². The third kappa shape index (κ3) is 3.39. The van der Waals surface area contributed by atoms with Crippen LogP contribution in [0.25, 0.3) is 6.08 Å². The number of methoxy groups -OCH3 is 2. The van der Waals surface area contributed by atoms with Gasteiger partial charge in [-0.2, -0.15) is 0 Å². The normalized spacial score (nSPS) is 15.3. The van der Waals surface area contributed by atoms with Gasteiger partial charge in [0.15, 0.2) is 11.5 Å². The molecule has 1 heterocycles. The zero-order chi connectivity index (χ0) is 19.6. The summed E-state index contributed by atoms with van der Waals surface area (Å²) in [7, 11) is 2.73. The molecule has 3 rings (SSSR count). The van der Waals surface area contributed by atoms with E-state index in [1.165, 1.54) is 26.4 Å². The molecule has 0 aliphatic carbocycles. The number of thioether (sulfide) groups is 1. The second-order valence-electron chi connectivity index (χ2n) is 5.42. The fourth-order valence-corrected chi connectivity index (χ4v) is 3.52. The minimum Gasteiger partial charge on any atom is -0.493 e. The maximum Gasteiger partial charge on any atom is 0.340 e. The molecule has 138 valence electrons. The Hall–Kier alpha value is -3.26. The second kappa shape index (κ2) is 7.55. The number of carbonyl (C=O) groups is 3. The molecule has 1 aliphatic heterocycles. The summed E-state index contributed by atoms with van der Waals surface area (Å²) in [4.78, 5) is 37.9. The summed E-state index contributed by atoms with van der Waals surface area (Å²) in [5.74, 6) is -1.45. The van der Waals surface area contributed by atoms with Gasteiger partial charge in [-0.1, -0.05) is 24.3 Å². The summed E-state index contributed by atoms with van der Waals surface area (Å²) in [5, 5.41) is 9.14. The van der Waals surface area contributed by atoms with Gasteiger partial charge in [0.25, 0.3) is 11.1 Å². The minimum atomic E-state index is -1.24. The molecule has 0 aromatic heterocycles. The van der Waals surface area contributed by atoms with Gasteiger partial charge in [-0.3, -0.25) is 9.59 Å². The van der Waals surface area contributed by atoms with Crippen molar-refractivity contribution in [2.45, 2.75) is 0 Å². The van der Waals surface area contributed by atoms with Crippen molar-refractivity contribution in [3.05, 3.63) is 58.5 Å². The largest absolute Gasteiger partial charge is 0.493 e. The van der Waals surface area contributed by atoms with Gasteiger partial charge in [0.05, 0.1) is 24.8 Å². The van der Waals surface area contributed by atoms with E-state index in [1.54, 1.807) is 36.4 Å². The quantitative estimate of drug-likeness (QED) is 0.785. The lowest BCUT2D eigenvalue weighted by atomic mass is 10.0. The van der Waals surface area contributed by atoms with Crippen LogP contribution in [0.1, 0.15) is 15.9 Å². The molecule has 7 nitrogen and oxygen atoms in total. The van der Waals surface area contributed by atoms with Crippen molar-refractivity contribution in [3.63, 3.8) is 0 Å². The molecule has 1 aliphatic rings. The lowest BCUT2D eigenvalue weighted by Gasteiger charge is -2.13. The number of rotatable bonds is 5. The van der Waals surface area contributed by atoms with Crippen LogP contribution in [0.4, 0.5) is 10.5 Å². The molecule has 0 saturated carbocycles. The summed E-state index contributed by atoms with van der Waals surface area (Å²) in [6.45, 7) is 0. The van der Waals surface area contributed by atoms with Crippen LogP contribution in [0.5, 0.6) is 11.5 Å². The zero-order valence-electron chi connectivity index (χ0n) is 14.5. The third-order valence-corrected chi connectivity index (χ3v) is 4.76. The van der Waals surface area contributed by atoms with Gasteiger partial charge >= 0.3 is 5.97 Å². The van der Waals surface area contributed by atoms with Crippen molar-refractivity contribution in [3.8, 4) is 11.5 Å². The van der Waals surface area contributed by atoms with E-state index in [1.807, 2.05) is 0 Å². The smallest absolute Gasteiger partial charge is 0.340 e. The third-order valence-electron chi connectivity index (χ3n) is 3.89. The molecule has 27 heavy (non-hydrogen) atoms. The maximum atomic E-state index is 12.7. The minimum absolute atomic E-state index is 0.0426. The number of carboxylic acid groups (broad SMARTS) is 1. The monoisotopic (exact) mass is 385 g/mol. The second-order valence-corrected chi connectivity index (χ2v) is 6.42. The number of nitrogens with zero attached hydrogens (tertiary/aromatic N) is 1. The molecule has 8 heteroatoms. The van der Waals surface area contributed by atoms with Gasteiger partial charge in [-0.25, -0.2) is 9.69 Å². The predicted octanol–water partition coefficient (Wildman–Crippen LogP) is 3.64. The molecule has 0 unspecified atom stereocenters. The number of aromatic carboxylic acids is 1. The summed E-state index contributed by atoms with van der Waals surface area (Å²) in [5.41, 5.74) is 0.538. The highest BCUT2D eigenvalue weighted by atomic mass is 32.2. The van der Waals surface area contributed by atoms with Crippen molar-refractivity contribution in [1.29, 1.82) is 0 Å². The number of ether oxygens (including phenoxy) is 2. The molecule has 2 aromatic carbocycles. The average molecular weight is 385 g/mol. The fraction of sp³-hybridized carbons (Fsp3) is 0.105. The summed E-state index contributed by atoms with van der Waals surface area (Å²) < 4.78 is 10.3. The van der Waals surface area contributed by atoms with E-state index in [2.05, 4.69) is 0 Å². The molecule has 1 N–H and O–H groups in total. The Morgan fingerprint density at radius 1 is 1.07 bits per heavy atom. The van der Waals surface area contributed by atoms with Crippen LogP contribution in [0, 0.1) is 0 Å². The van der Waals surface area contributed by atoms with Gasteiger partial charge in [0.2, 0.25) is 0 Å². The molecule has 2 aromatic rings. The number of benzene rings is 2. The van der Waals surface area contributed by atoms with Crippen LogP contribution in [0.15, 0.2) is 47.4 Å². The van der Waals surface area contributed by atoms with Gasteiger partial charge in [0, 0.05) is 0 Å². The van der Waals surface area contributed by atoms with E-state index in [9.17, 15) is 19.5 Å². The van der Waals surface area contributed by atoms with Crippen molar-refractivity contribution in [2.24, 2.45) is 0 Å². The van der Waals surface area contributed by atoms with Crippen LogP contribution in [-0.2, 0) is 4.79 Å². The van der Waals surface area contributed by atoms with Crippen LogP contribution in [0.2, 0.25) is 0 Å². The molecule has 1 saturated heterocycles. The van der Waals surface area contributed by atoms with Gasteiger partial charge in [0.1, 0.15) is 5.56 Å². The Bertz CT molecular complexity index is 954. The van der Waals surface area contributed by atoms with Crippen LogP contribution in [0.3, 0.4) is 0 Å². The number of hydrogen-bond acceptors (Lipinski definition) is 6. The van der Waals surface area contributed by atoms with Crippen LogP contribution in [-0.4, -0.2) is 36.4 Å². The maximum absolute atomic E-state index is 12.7. The average Bonchev–Trinajstić information content (AvgIpc) is 2.94. The SMILES string of the molecule is COc1ccc(/C=C2/SC(=O)N(c3ccccc3)C2=O)c(C(=O)O)c1OC. The van der Waals surface area contributed by atoms with Gasteiger partial charge in [-0.05, 0) is 41.6 Å². The summed E-state index contributed by atoms with van der Waals surface area (Å²) in [6.07, 6.45) is 1.37. The lowest BCUT2D eigenvalue weighted by Crippen LogP contribution is -2.27. The number of hydrogen-bond donors (Lipinski definition) is 1. The van der Waals surface area contributed by atoms with Gasteiger partial charge in [-0.15, -0.1) is 0 Å². The highest BCUT2D eigenvalue weighted by Crippen LogP contribution is 2.39. The van der Waals surface area contributed by atoms with Crippen molar-refractivity contribution >= 4 is 40.6 Å². The summed E-state index contributed by atoms with van der Waals surface area (Å²) >= 11 is 0.749. The summed E-state index contributed by atoms with van der Waals surface area (Å²) in [6, 6.07) is 11.6. The lowest BCUT2D eigenvalue weighted by molar-refractivity contribution is -0.113. The highest BCUT2D eigenvalue weighted by molar-refractivity contribution is 8.19. The molecular weight excluding hydrogens is 370 g/mol. The van der Waals surface area contributed by atoms with Crippen molar-refractivity contribution in [1.82, 2.24) is 0 Å². The molecule has 0 bridgehead atoms. The number of para-hydroxylation sites is 1. The van der Waals surface area contributed by atoms with Crippen LogP contribution >= 0.6 is 11.8 Å². The highest BCUT2D eigenvalue weighted by Gasteiger charge is 2.36. The number of imide groups is 1. The molecular formula is C19H15NO6S. The van der Waals surface area contributed by atoms with E-state index in [0.717, 1.165) is 16.7 Å². The van der Waals surface area contributed by atoms with E-state index in [4.69, 9.17) is 9.47 Å². The van der Waals surface area contributed by atoms with E-state index < -0.39 is 17.1 Å². The molecule has 0 radical (unpaired) electrons. The van der Waals surface area contributed by atoms with Crippen molar-refractivity contribution in [2.75, 3.05) is 19.1 Å². The van der Waals surface area contributed by atoms with Crippen LogP contribution < -0.4 is 14.4 Å². The first-order valence-electron chi connectivity index (χ1n) is 7.79. The first-order valence-corrected chi connectivity index (χ1v) is 8.61. The number of carboxylic acids is 1. The first kappa shape index (κ1) is 18.5. The predicted molar refractivity (Wildman–Crippen MR) is 101 cm³/mol. The van der Waals surface area contributed by atoms with Gasteiger partial charge < -0.3 is 14.6 Å². The number of carbonyl (C=O) groups excluding carboxylic acids is 2. The molecule has 2 amide bonds. The van der Waals surface area contributed by atoms with Crippen molar-refractivity contribution < 1.29 is 29.0 Å². The molecule has 1 fully saturated rings. The van der Waals surface area contributed by atoms with E-state index in [0.29, 0.717) is 5.69 Å². The van der Waals surface area contributed by atoms with E-state index in [-0.39, 0.29) is 27.5 Å². The Morgan fingerprint density at radius 2 is 1.78 bits per heavy atom. The fourth-order valence-electron chi connectivity index (χ4n) is 2.69. The first-order chi connectivity index (χ1) is 13.0. The topological polar surface area (TPSA) is 93.1 Å². The zero-order valence-corrected chi connectivity index (χ0v) is 15.3. The molecule has 0 spiro atoms. The Morgan fingerprint density at radius 3 is 2.37 bits per heavy atom. The number of amides is 2. The molecule has 0 atom stereocenters. The van der Waals surface area contributed by atoms with E-state index >= 15 is 0 Å². The Balaban J connectivity index is 2.06. The Kier molecular flexibility index (Phi) is 5.18. The standard InChI is InChI=1S/C19H15NO6S/c1-25-13-9-8-11(15(18(22)23)16(13)26-2)10-14-17(21)20(19(24)27-14)12-6-4-3-5-7-12/h3-10H,1-2H3,(H,22,23)/b14-10+. The number of anilines is 1.